The highest BCUT2D eigenvalue weighted by atomic mass is 19.3. The van der Waals surface area contributed by atoms with E-state index in [1.165, 1.54) is 10.5 Å². The number of rotatable bonds is 12. The zero-order valence-electron chi connectivity index (χ0n) is 22.6. The normalized spacial score (nSPS) is 16.3. The van der Waals surface area contributed by atoms with Crippen LogP contribution in [0.3, 0.4) is 0 Å². The minimum atomic E-state index is -3.12. The van der Waals surface area contributed by atoms with E-state index in [1.54, 1.807) is 6.20 Å². The number of hydrogen-bond acceptors (Lipinski definition) is 4. The number of carboxylic acid groups (broad SMARTS) is 1. The molecule has 2 N–H and O–H groups in total. The quantitative estimate of drug-likeness (QED) is 0.282. The molecule has 0 spiro atoms. The second kappa shape index (κ2) is 11.6. The van der Waals surface area contributed by atoms with Gasteiger partial charge < -0.3 is 20.1 Å². The summed E-state index contributed by atoms with van der Waals surface area (Å²) in [6.07, 6.45) is 2.18. The minimum Gasteiger partial charge on any atom is -0.493 e. The Morgan fingerprint density at radius 1 is 1.18 bits per heavy atom. The van der Waals surface area contributed by atoms with Gasteiger partial charge in [0.1, 0.15) is 5.75 Å². The summed E-state index contributed by atoms with van der Waals surface area (Å²) in [6.45, 7) is 7.13. The number of urea groups is 1. The second-order valence-corrected chi connectivity index (χ2v) is 10.2. The molecule has 1 unspecified atom stereocenters. The van der Waals surface area contributed by atoms with Crippen molar-refractivity contribution in [2.75, 3.05) is 13.2 Å². The summed E-state index contributed by atoms with van der Waals surface area (Å²) in [5.74, 6) is -3.93. The van der Waals surface area contributed by atoms with Gasteiger partial charge in [-0.15, -0.1) is 0 Å². The molecule has 1 fully saturated rings. The molecular formula is C29H36F2N4O4. The third kappa shape index (κ3) is 6.15. The van der Waals surface area contributed by atoms with Gasteiger partial charge >= 0.3 is 12.0 Å². The van der Waals surface area contributed by atoms with Crippen LogP contribution in [-0.4, -0.2) is 56.4 Å². The number of ether oxygens (including phenoxy) is 1. The first-order chi connectivity index (χ1) is 18.6. The number of nitrogens with zero attached hydrogens (tertiary/aromatic N) is 3. The lowest BCUT2D eigenvalue weighted by atomic mass is 9.73. The Morgan fingerprint density at radius 2 is 1.90 bits per heavy atom. The number of aliphatic carboxylic acids is 1. The van der Waals surface area contributed by atoms with Crippen molar-refractivity contribution >= 4 is 22.9 Å². The Hall–Kier alpha value is -3.69. The number of amides is 2. The van der Waals surface area contributed by atoms with Crippen molar-refractivity contribution in [2.24, 2.45) is 0 Å². The highest BCUT2D eigenvalue weighted by Gasteiger charge is 2.62. The minimum absolute atomic E-state index is 0.320. The molecule has 1 atom stereocenters. The highest BCUT2D eigenvalue weighted by molar-refractivity contribution is 5.88. The number of aromatic nitrogens is 2. The number of unbranched alkanes of at least 4 members (excludes halogenated alkanes) is 1. The number of aryl methyl sites for hydroxylation is 2. The first-order valence-electron chi connectivity index (χ1n) is 13.5. The average Bonchev–Trinajstić information content (AvgIpc) is 3.31. The fourth-order valence-corrected chi connectivity index (χ4v) is 5.24. The van der Waals surface area contributed by atoms with Crippen molar-refractivity contribution in [3.63, 3.8) is 0 Å². The van der Waals surface area contributed by atoms with Crippen molar-refractivity contribution in [3.8, 4) is 5.75 Å². The van der Waals surface area contributed by atoms with Crippen LogP contribution in [0.2, 0.25) is 0 Å². The van der Waals surface area contributed by atoms with E-state index in [1.807, 2.05) is 67.9 Å². The molecule has 0 radical (unpaired) electrons. The number of hydrogen-bond donors (Lipinski definition) is 2. The van der Waals surface area contributed by atoms with Crippen LogP contribution < -0.4 is 10.1 Å². The summed E-state index contributed by atoms with van der Waals surface area (Å²) in [7, 11) is 0. The first kappa shape index (κ1) is 28.3. The number of nitrogens with one attached hydrogen (secondary N) is 1. The molecule has 3 aromatic rings. The Morgan fingerprint density at radius 3 is 2.51 bits per heavy atom. The number of carbonyl (C=O) groups excluding carboxylic acids is 1. The van der Waals surface area contributed by atoms with Crippen molar-refractivity contribution in [1.82, 2.24) is 20.0 Å². The van der Waals surface area contributed by atoms with Crippen molar-refractivity contribution in [2.45, 2.75) is 76.9 Å². The van der Waals surface area contributed by atoms with Gasteiger partial charge in [-0.05, 0) is 63.3 Å². The maximum absolute atomic E-state index is 13.7. The number of carboxylic acids is 1. The molecule has 1 aliphatic rings. The van der Waals surface area contributed by atoms with E-state index in [0.717, 1.165) is 29.3 Å². The van der Waals surface area contributed by atoms with Crippen molar-refractivity contribution in [3.05, 3.63) is 59.8 Å². The third-order valence-corrected chi connectivity index (χ3v) is 7.39. The van der Waals surface area contributed by atoms with Crippen molar-refractivity contribution in [1.29, 1.82) is 0 Å². The summed E-state index contributed by atoms with van der Waals surface area (Å²) < 4.78 is 35.2. The molecular weight excluding hydrogens is 506 g/mol. The summed E-state index contributed by atoms with van der Waals surface area (Å²) in [6, 6.07) is 12.6. The summed E-state index contributed by atoms with van der Waals surface area (Å²) in [5.41, 5.74) is 0.838. The monoisotopic (exact) mass is 542 g/mol. The van der Waals surface area contributed by atoms with Crippen LogP contribution in [-0.2, 0) is 17.8 Å². The first-order valence-corrected chi connectivity index (χ1v) is 13.5. The third-order valence-electron chi connectivity index (χ3n) is 7.39. The molecule has 2 amide bonds. The Kier molecular flexibility index (Phi) is 8.42. The highest BCUT2D eigenvalue weighted by Crippen LogP contribution is 2.46. The summed E-state index contributed by atoms with van der Waals surface area (Å²) in [4.78, 5) is 27.0. The van der Waals surface area contributed by atoms with Crippen LogP contribution in [0.1, 0.15) is 63.6 Å². The van der Waals surface area contributed by atoms with Crippen LogP contribution in [0.4, 0.5) is 13.6 Å². The molecule has 210 valence electrons. The van der Waals surface area contributed by atoms with Gasteiger partial charge in [0.2, 0.25) is 0 Å². The molecule has 1 aromatic heterocycles. The zero-order chi connectivity index (χ0) is 28.2. The number of benzene rings is 2. The Balaban J connectivity index is 1.60. The largest absolute Gasteiger partial charge is 0.493 e. The van der Waals surface area contributed by atoms with E-state index in [9.17, 15) is 23.5 Å². The number of carbonyl (C=O) groups is 2. The molecule has 10 heteroatoms. The predicted octanol–water partition coefficient (Wildman–Crippen LogP) is 5.80. The SMILES string of the molecule is CCOc1cc(C(C)N(CCCCc2ccccc2)C(=O)NC2(C(=O)O)CC(F)(F)C2)cc2c1cnn2CC. The molecule has 0 aliphatic heterocycles. The van der Waals surface area contributed by atoms with Gasteiger partial charge in [0.25, 0.3) is 5.92 Å². The van der Waals surface area contributed by atoms with E-state index < -0.39 is 42.3 Å². The van der Waals surface area contributed by atoms with E-state index >= 15 is 0 Å². The molecule has 4 rings (SSSR count). The van der Waals surface area contributed by atoms with E-state index in [4.69, 9.17) is 4.74 Å². The van der Waals surface area contributed by atoms with Gasteiger partial charge in [-0.25, -0.2) is 18.4 Å². The number of halogens is 2. The fraction of sp³-hybridized carbons (Fsp3) is 0.483. The second-order valence-electron chi connectivity index (χ2n) is 10.2. The van der Waals surface area contributed by atoms with Gasteiger partial charge in [0, 0.05) is 25.9 Å². The van der Waals surface area contributed by atoms with Gasteiger partial charge in [-0.2, -0.15) is 5.10 Å². The smallest absolute Gasteiger partial charge is 0.329 e. The predicted molar refractivity (Wildman–Crippen MR) is 144 cm³/mol. The number of alkyl halides is 2. The maximum atomic E-state index is 13.7. The molecule has 0 bridgehead atoms. The van der Waals surface area contributed by atoms with Crippen LogP contribution in [0, 0.1) is 0 Å². The Labute approximate surface area is 226 Å². The lowest BCUT2D eigenvalue weighted by molar-refractivity contribution is -0.175. The van der Waals surface area contributed by atoms with Crippen LogP contribution >= 0.6 is 0 Å². The van der Waals surface area contributed by atoms with E-state index in [-0.39, 0.29) is 0 Å². The van der Waals surface area contributed by atoms with Crippen LogP contribution in [0.15, 0.2) is 48.7 Å². The van der Waals surface area contributed by atoms with Gasteiger partial charge in [0.05, 0.1) is 29.7 Å². The lowest BCUT2D eigenvalue weighted by Gasteiger charge is -2.45. The Bertz CT molecular complexity index is 1300. The molecule has 1 aliphatic carbocycles. The zero-order valence-corrected chi connectivity index (χ0v) is 22.6. The van der Waals surface area contributed by atoms with Gasteiger partial charge in [0.15, 0.2) is 5.54 Å². The van der Waals surface area contributed by atoms with E-state index in [0.29, 0.717) is 31.9 Å². The maximum Gasteiger partial charge on any atom is 0.329 e. The van der Waals surface area contributed by atoms with Gasteiger partial charge in [-0.1, -0.05) is 30.3 Å². The lowest BCUT2D eigenvalue weighted by Crippen LogP contribution is -2.68. The molecule has 8 nitrogen and oxygen atoms in total. The molecule has 1 heterocycles. The van der Waals surface area contributed by atoms with E-state index in [2.05, 4.69) is 10.4 Å². The van der Waals surface area contributed by atoms with Gasteiger partial charge in [-0.3, -0.25) is 4.68 Å². The molecule has 39 heavy (non-hydrogen) atoms. The number of fused-ring (bicyclic) bond motifs is 1. The van der Waals surface area contributed by atoms with Crippen molar-refractivity contribution < 1.29 is 28.2 Å². The van der Waals surface area contributed by atoms with Crippen LogP contribution in [0.5, 0.6) is 5.75 Å². The standard InChI is InChI=1S/C29H36F2N4O4/c1-4-35-24-15-22(16-25(39-5-2)23(24)17-32-35)20(3)34(14-10-9-13-21-11-7-6-8-12-21)27(38)33-28(26(36)37)18-29(30,31)19-28/h6-8,11-12,15-17,20H,4-5,9-10,13-14,18-19H2,1-3H3,(H,33,38)(H,36,37). The van der Waals surface area contributed by atoms with Crippen LogP contribution in [0.25, 0.3) is 10.9 Å². The summed E-state index contributed by atoms with van der Waals surface area (Å²) >= 11 is 0. The molecule has 1 saturated carbocycles. The summed E-state index contributed by atoms with van der Waals surface area (Å²) in [5, 5.41) is 17.4. The molecule has 2 aromatic carbocycles. The fourth-order valence-electron chi connectivity index (χ4n) is 5.24. The topological polar surface area (TPSA) is 96.7 Å². The molecule has 0 saturated heterocycles. The average molecular weight is 543 g/mol.